The van der Waals surface area contributed by atoms with E-state index >= 15 is 0 Å². The van der Waals surface area contributed by atoms with Crippen LogP contribution in [0, 0.1) is 0 Å². The molecule has 0 fully saturated rings. The Morgan fingerprint density at radius 3 is 2.91 bits per heavy atom. The highest BCUT2D eigenvalue weighted by molar-refractivity contribution is 5.94. The second-order valence-electron chi connectivity index (χ2n) is 5.71. The molecule has 0 spiro atoms. The van der Waals surface area contributed by atoms with Crippen LogP contribution in [0.1, 0.15) is 31.0 Å². The molecule has 0 saturated heterocycles. The van der Waals surface area contributed by atoms with Crippen LogP contribution >= 0.6 is 0 Å². The zero-order valence-corrected chi connectivity index (χ0v) is 13.6. The number of ether oxygens (including phenoxy) is 1. The summed E-state index contributed by atoms with van der Waals surface area (Å²) in [6.07, 6.45) is 0.914. The Labute approximate surface area is 137 Å². The first-order chi connectivity index (χ1) is 11.2. The monoisotopic (exact) mass is 310 g/mol. The van der Waals surface area contributed by atoms with Gasteiger partial charge in [0.2, 0.25) is 0 Å². The van der Waals surface area contributed by atoms with E-state index in [1.807, 2.05) is 61.2 Å². The Kier molecular flexibility index (Phi) is 4.51. The SMILES string of the molecule is CCOc1cccc(C(C)NC(=O)N2CCc3ccccc32)c1. The molecule has 2 aromatic rings. The molecule has 4 nitrogen and oxygen atoms in total. The van der Waals surface area contributed by atoms with E-state index in [0.29, 0.717) is 6.61 Å². The molecule has 120 valence electrons. The molecule has 3 rings (SSSR count). The fourth-order valence-corrected chi connectivity index (χ4v) is 2.94. The van der Waals surface area contributed by atoms with Crippen molar-refractivity contribution in [3.05, 3.63) is 59.7 Å². The summed E-state index contributed by atoms with van der Waals surface area (Å²) in [5.41, 5.74) is 3.28. The first kappa shape index (κ1) is 15.4. The molecule has 1 atom stereocenters. The number of rotatable bonds is 4. The number of amides is 2. The van der Waals surface area contributed by atoms with E-state index in [-0.39, 0.29) is 12.1 Å². The van der Waals surface area contributed by atoms with E-state index in [1.54, 1.807) is 0 Å². The van der Waals surface area contributed by atoms with Gasteiger partial charge in [0.15, 0.2) is 0 Å². The highest BCUT2D eigenvalue weighted by Gasteiger charge is 2.25. The number of hydrogen-bond donors (Lipinski definition) is 1. The van der Waals surface area contributed by atoms with E-state index in [9.17, 15) is 4.79 Å². The summed E-state index contributed by atoms with van der Waals surface area (Å²) in [5.74, 6) is 0.831. The van der Waals surface area contributed by atoms with Crippen molar-refractivity contribution < 1.29 is 9.53 Å². The van der Waals surface area contributed by atoms with Crippen molar-refractivity contribution in [1.82, 2.24) is 5.32 Å². The molecule has 1 unspecified atom stereocenters. The number of anilines is 1. The Balaban J connectivity index is 1.70. The number of benzene rings is 2. The maximum Gasteiger partial charge on any atom is 0.322 e. The average molecular weight is 310 g/mol. The smallest absolute Gasteiger partial charge is 0.322 e. The quantitative estimate of drug-likeness (QED) is 0.930. The first-order valence-electron chi connectivity index (χ1n) is 8.07. The molecule has 4 heteroatoms. The molecule has 0 aliphatic carbocycles. The zero-order chi connectivity index (χ0) is 16.2. The predicted octanol–water partition coefficient (Wildman–Crippen LogP) is 3.92. The lowest BCUT2D eigenvalue weighted by Crippen LogP contribution is -2.40. The van der Waals surface area contributed by atoms with Gasteiger partial charge < -0.3 is 10.1 Å². The molecule has 0 bridgehead atoms. The second kappa shape index (κ2) is 6.73. The van der Waals surface area contributed by atoms with Crippen LogP contribution in [0.4, 0.5) is 10.5 Å². The standard InChI is InChI=1S/C19H22N2O2/c1-3-23-17-9-6-8-16(13-17)14(2)20-19(22)21-12-11-15-7-4-5-10-18(15)21/h4-10,13-14H,3,11-12H2,1-2H3,(H,20,22). The van der Waals surface area contributed by atoms with Crippen LogP contribution in [0.5, 0.6) is 5.75 Å². The number of carbonyl (C=O) groups is 1. The summed E-state index contributed by atoms with van der Waals surface area (Å²) in [5, 5.41) is 3.08. The van der Waals surface area contributed by atoms with Crippen molar-refractivity contribution in [2.75, 3.05) is 18.1 Å². The number of nitrogens with one attached hydrogen (secondary N) is 1. The minimum atomic E-state index is -0.0735. The van der Waals surface area contributed by atoms with Crippen LogP contribution in [-0.2, 0) is 6.42 Å². The largest absolute Gasteiger partial charge is 0.494 e. The van der Waals surface area contributed by atoms with Crippen LogP contribution in [0.3, 0.4) is 0 Å². The van der Waals surface area contributed by atoms with Crippen LogP contribution in [-0.4, -0.2) is 19.2 Å². The predicted molar refractivity (Wildman–Crippen MR) is 92.0 cm³/mol. The molecule has 0 saturated carbocycles. The number of carbonyl (C=O) groups excluding carboxylic acids is 1. The maximum absolute atomic E-state index is 12.6. The Morgan fingerprint density at radius 2 is 2.09 bits per heavy atom. The molecule has 1 aliphatic heterocycles. The summed E-state index contributed by atoms with van der Waals surface area (Å²) >= 11 is 0. The van der Waals surface area contributed by atoms with E-state index < -0.39 is 0 Å². The average Bonchev–Trinajstić information content (AvgIpc) is 2.99. The lowest BCUT2D eigenvalue weighted by Gasteiger charge is -2.22. The minimum Gasteiger partial charge on any atom is -0.494 e. The highest BCUT2D eigenvalue weighted by atomic mass is 16.5. The zero-order valence-electron chi connectivity index (χ0n) is 13.6. The van der Waals surface area contributed by atoms with Crippen molar-refractivity contribution in [1.29, 1.82) is 0 Å². The van der Waals surface area contributed by atoms with Crippen LogP contribution in [0.15, 0.2) is 48.5 Å². The Bertz CT molecular complexity index is 699. The molecular weight excluding hydrogens is 288 g/mol. The van der Waals surface area contributed by atoms with E-state index in [2.05, 4.69) is 11.4 Å². The van der Waals surface area contributed by atoms with Gasteiger partial charge in [-0.15, -0.1) is 0 Å². The van der Waals surface area contributed by atoms with Gasteiger partial charge >= 0.3 is 6.03 Å². The van der Waals surface area contributed by atoms with Gasteiger partial charge in [-0.2, -0.15) is 0 Å². The summed E-state index contributed by atoms with van der Waals surface area (Å²) in [6, 6.07) is 15.8. The number of fused-ring (bicyclic) bond motifs is 1. The van der Waals surface area contributed by atoms with Gasteiger partial charge in [0.1, 0.15) is 5.75 Å². The first-order valence-corrected chi connectivity index (χ1v) is 8.07. The van der Waals surface area contributed by atoms with Gasteiger partial charge in [-0.3, -0.25) is 4.90 Å². The van der Waals surface area contributed by atoms with Crippen molar-refractivity contribution in [2.45, 2.75) is 26.3 Å². The van der Waals surface area contributed by atoms with Gasteiger partial charge in [-0.05, 0) is 49.6 Å². The van der Waals surface area contributed by atoms with Crippen molar-refractivity contribution in [3.63, 3.8) is 0 Å². The van der Waals surface area contributed by atoms with Crippen LogP contribution in [0.25, 0.3) is 0 Å². The molecule has 1 N–H and O–H groups in total. The molecule has 1 aliphatic rings. The third-order valence-electron chi connectivity index (χ3n) is 4.14. The van der Waals surface area contributed by atoms with Gasteiger partial charge in [-0.25, -0.2) is 4.79 Å². The normalized spacial score (nSPS) is 14.3. The van der Waals surface area contributed by atoms with Crippen LogP contribution in [0.2, 0.25) is 0 Å². The van der Waals surface area contributed by atoms with Gasteiger partial charge in [0, 0.05) is 12.2 Å². The third-order valence-corrected chi connectivity index (χ3v) is 4.14. The van der Waals surface area contributed by atoms with Gasteiger partial charge in [0.25, 0.3) is 0 Å². The van der Waals surface area contributed by atoms with Crippen molar-refractivity contribution in [3.8, 4) is 5.75 Å². The number of nitrogens with zero attached hydrogens (tertiary/aromatic N) is 1. The Hall–Kier alpha value is -2.49. The molecule has 2 amide bonds. The second-order valence-corrected chi connectivity index (χ2v) is 5.71. The fraction of sp³-hybridized carbons (Fsp3) is 0.316. The summed E-state index contributed by atoms with van der Waals surface area (Å²) in [6.45, 7) is 5.32. The lowest BCUT2D eigenvalue weighted by molar-refractivity contribution is 0.244. The number of hydrogen-bond acceptors (Lipinski definition) is 2. The fourth-order valence-electron chi connectivity index (χ4n) is 2.94. The summed E-state index contributed by atoms with van der Waals surface area (Å²) in [4.78, 5) is 14.4. The molecule has 0 aromatic heterocycles. The topological polar surface area (TPSA) is 41.6 Å². The van der Waals surface area contributed by atoms with Crippen LogP contribution < -0.4 is 15.0 Å². The van der Waals surface area contributed by atoms with Gasteiger partial charge in [0.05, 0.1) is 12.6 Å². The van der Waals surface area contributed by atoms with Crippen molar-refractivity contribution >= 4 is 11.7 Å². The molecule has 0 radical (unpaired) electrons. The summed E-state index contributed by atoms with van der Waals surface area (Å²) in [7, 11) is 0. The Morgan fingerprint density at radius 1 is 1.26 bits per heavy atom. The number of urea groups is 1. The molecular formula is C19H22N2O2. The minimum absolute atomic E-state index is 0.0516. The maximum atomic E-state index is 12.6. The van der Waals surface area contributed by atoms with E-state index in [4.69, 9.17) is 4.74 Å². The van der Waals surface area contributed by atoms with Crippen molar-refractivity contribution in [2.24, 2.45) is 0 Å². The van der Waals surface area contributed by atoms with E-state index in [1.165, 1.54) is 5.56 Å². The molecule has 1 heterocycles. The lowest BCUT2D eigenvalue weighted by atomic mass is 10.1. The van der Waals surface area contributed by atoms with Gasteiger partial charge in [-0.1, -0.05) is 30.3 Å². The third kappa shape index (κ3) is 3.31. The molecule has 2 aromatic carbocycles. The van der Waals surface area contributed by atoms with E-state index in [0.717, 1.165) is 30.0 Å². The molecule has 23 heavy (non-hydrogen) atoms. The number of para-hydroxylation sites is 1. The summed E-state index contributed by atoms with van der Waals surface area (Å²) < 4.78 is 5.52. The highest BCUT2D eigenvalue weighted by Crippen LogP contribution is 2.28.